The lowest BCUT2D eigenvalue weighted by Gasteiger charge is -2.30. The fourth-order valence-electron chi connectivity index (χ4n) is 2.61. The Morgan fingerprint density at radius 2 is 2.12 bits per heavy atom. The van der Waals surface area contributed by atoms with Crippen molar-refractivity contribution < 1.29 is 9.53 Å². The van der Waals surface area contributed by atoms with Crippen molar-refractivity contribution in [3.63, 3.8) is 0 Å². The first kappa shape index (κ1) is 18.2. The third-order valence-electron chi connectivity index (χ3n) is 3.79. The summed E-state index contributed by atoms with van der Waals surface area (Å²) < 4.78 is 6.36. The van der Waals surface area contributed by atoms with Crippen LogP contribution in [0, 0.1) is 0 Å². The number of carbonyl (C=O) groups excluding carboxylic acids is 1. The van der Waals surface area contributed by atoms with Gasteiger partial charge in [0.2, 0.25) is 5.91 Å². The number of benzene rings is 1. The monoisotopic (exact) mass is 421 g/mol. The molecule has 1 aliphatic heterocycles. The quantitative estimate of drug-likeness (QED) is 0.772. The number of hydrogen-bond donors (Lipinski definition) is 1. The molecule has 2 heterocycles. The highest BCUT2D eigenvalue weighted by molar-refractivity contribution is 9.10. The second-order valence-corrected chi connectivity index (χ2v) is 7.52. The smallest absolute Gasteiger partial charge is 0.234 e. The number of anilines is 2. The van der Waals surface area contributed by atoms with Crippen molar-refractivity contribution in [3.05, 3.63) is 52.8 Å². The molecule has 7 heteroatoms. The Balaban J connectivity index is 1.59. The number of nitrogens with zero attached hydrogens (tertiary/aromatic N) is 2. The molecule has 0 atom stereocenters. The van der Waals surface area contributed by atoms with E-state index >= 15 is 0 Å². The maximum atomic E-state index is 12.3. The van der Waals surface area contributed by atoms with Crippen LogP contribution in [0.25, 0.3) is 0 Å². The van der Waals surface area contributed by atoms with Gasteiger partial charge in [-0.2, -0.15) is 0 Å². The fourth-order valence-corrected chi connectivity index (χ4v) is 3.71. The predicted molar refractivity (Wildman–Crippen MR) is 106 cm³/mol. The first-order chi connectivity index (χ1) is 12.2. The fraction of sp³-hybridized carbons (Fsp3) is 0.333. The number of carbonyl (C=O) groups is 1. The maximum Gasteiger partial charge on any atom is 0.234 e. The van der Waals surface area contributed by atoms with E-state index in [9.17, 15) is 4.79 Å². The van der Waals surface area contributed by atoms with Gasteiger partial charge in [0.1, 0.15) is 0 Å². The first-order valence-electron chi connectivity index (χ1n) is 8.12. The summed E-state index contributed by atoms with van der Waals surface area (Å²) in [5.74, 6) is 1.11. The van der Waals surface area contributed by atoms with Crippen LogP contribution in [0.4, 0.5) is 11.4 Å². The molecule has 25 heavy (non-hydrogen) atoms. The average molecular weight is 422 g/mol. The molecule has 0 saturated carbocycles. The third-order valence-corrected chi connectivity index (χ3v) is 5.25. The standard InChI is InChI=1S/C18H20BrN3O2S/c19-14-4-5-17(22-7-9-24-10-8-22)16(11-14)21-18(23)13-25-12-15-3-1-2-6-20-15/h1-6,11H,7-10,12-13H2,(H,21,23). The van der Waals surface area contributed by atoms with Gasteiger partial charge in [0, 0.05) is 29.5 Å². The SMILES string of the molecule is O=C(CSCc1ccccn1)Nc1cc(Br)ccc1N1CCOCC1. The average Bonchev–Trinajstić information content (AvgIpc) is 2.63. The molecule has 0 unspecified atom stereocenters. The number of thioether (sulfide) groups is 1. The molecule has 1 aromatic carbocycles. The highest BCUT2D eigenvalue weighted by Gasteiger charge is 2.16. The topological polar surface area (TPSA) is 54.5 Å². The van der Waals surface area contributed by atoms with E-state index in [2.05, 4.69) is 31.1 Å². The van der Waals surface area contributed by atoms with E-state index in [1.165, 1.54) is 0 Å². The number of ether oxygens (including phenoxy) is 1. The van der Waals surface area contributed by atoms with Gasteiger partial charge in [-0.1, -0.05) is 22.0 Å². The van der Waals surface area contributed by atoms with Crippen molar-refractivity contribution in [1.82, 2.24) is 4.98 Å². The van der Waals surface area contributed by atoms with Crippen molar-refractivity contribution in [1.29, 1.82) is 0 Å². The number of aromatic nitrogens is 1. The number of hydrogen-bond acceptors (Lipinski definition) is 5. The summed E-state index contributed by atoms with van der Waals surface area (Å²) in [7, 11) is 0. The van der Waals surface area contributed by atoms with E-state index in [0.29, 0.717) is 19.0 Å². The van der Waals surface area contributed by atoms with Crippen LogP contribution in [-0.4, -0.2) is 42.9 Å². The zero-order chi connectivity index (χ0) is 17.5. The number of nitrogens with one attached hydrogen (secondary N) is 1. The number of rotatable bonds is 6. The molecule has 1 fully saturated rings. The summed E-state index contributed by atoms with van der Waals surface area (Å²) in [6.45, 7) is 3.09. The minimum absolute atomic E-state index is 0.00598. The Kier molecular flexibility index (Phi) is 6.72. The molecule has 5 nitrogen and oxygen atoms in total. The minimum atomic E-state index is -0.00598. The lowest BCUT2D eigenvalue weighted by Crippen LogP contribution is -2.36. The van der Waals surface area contributed by atoms with Crippen LogP contribution >= 0.6 is 27.7 Å². The van der Waals surface area contributed by atoms with Crippen molar-refractivity contribution in [2.45, 2.75) is 5.75 Å². The number of pyridine rings is 1. The normalized spacial score (nSPS) is 14.4. The van der Waals surface area contributed by atoms with Gasteiger partial charge in [0.05, 0.1) is 36.0 Å². The van der Waals surface area contributed by atoms with Gasteiger partial charge in [-0.05, 0) is 30.3 Å². The van der Waals surface area contributed by atoms with E-state index in [1.807, 2.05) is 36.4 Å². The summed E-state index contributed by atoms with van der Waals surface area (Å²) in [6.07, 6.45) is 1.77. The molecule has 3 rings (SSSR count). The Morgan fingerprint density at radius 3 is 2.88 bits per heavy atom. The van der Waals surface area contributed by atoms with Gasteiger partial charge in [0.15, 0.2) is 0 Å². The van der Waals surface area contributed by atoms with E-state index in [1.54, 1.807) is 18.0 Å². The molecule has 0 bridgehead atoms. The molecule has 0 spiro atoms. The van der Waals surface area contributed by atoms with Gasteiger partial charge in [-0.15, -0.1) is 11.8 Å². The lowest BCUT2D eigenvalue weighted by atomic mass is 10.2. The molecule has 1 saturated heterocycles. The molecule has 1 aliphatic rings. The van der Waals surface area contributed by atoms with Gasteiger partial charge >= 0.3 is 0 Å². The van der Waals surface area contributed by atoms with E-state index in [-0.39, 0.29) is 5.91 Å². The summed E-state index contributed by atoms with van der Waals surface area (Å²) >= 11 is 5.04. The summed E-state index contributed by atoms with van der Waals surface area (Å²) in [5, 5.41) is 3.04. The van der Waals surface area contributed by atoms with Crippen LogP contribution in [0.2, 0.25) is 0 Å². The summed E-state index contributed by atoms with van der Waals surface area (Å²) in [5.41, 5.74) is 2.85. The van der Waals surface area contributed by atoms with Crippen LogP contribution in [0.1, 0.15) is 5.69 Å². The highest BCUT2D eigenvalue weighted by Crippen LogP contribution is 2.30. The van der Waals surface area contributed by atoms with E-state index in [4.69, 9.17) is 4.74 Å². The van der Waals surface area contributed by atoms with Gasteiger partial charge in [-0.25, -0.2) is 0 Å². The number of amides is 1. The van der Waals surface area contributed by atoms with Crippen LogP contribution in [0.15, 0.2) is 47.1 Å². The van der Waals surface area contributed by atoms with Crippen LogP contribution < -0.4 is 10.2 Å². The first-order valence-corrected chi connectivity index (χ1v) is 10.1. The minimum Gasteiger partial charge on any atom is -0.378 e. The van der Waals surface area contributed by atoms with Crippen molar-refractivity contribution in [3.8, 4) is 0 Å². The molecule has 0 radical (unpaired) electrons. The van der Waals surface area contributed by atoms with Crippen molar-refractivity contribution >= 4 is 45.0 Å². The van der Waals surface area contributed by atoms with Gasteiger partial charge < -0.3 is 15.0 Å². The lowest BCUT2D eigenvalue weighted by molar-refractivity contribution is -0.113. The Labute approximate surface area is 160 Å². The van der Waals surface area contributed by atoms with Crippen molar-refractivity contribution in [2.75, 3.05) is 42.3 Å². The van der Waals surface area contributed by atoms with Gasteiger partial charge in [0.25, 0.3) is 0 Å². The highest BCUT2D eigenvalue weighted by atomic mass is 79.9. The van der Waals surface area contributed by atoms with Gasteiger partial charge in [-0.3, -0.25) is 9.78 Å². The Hall–Kier alpha value is -1.57. The summed E-state index contributed by atoms with van der Waals surface area (Å²) in [4.78, 5) is 18.8. The molecule has 0 aliphatic carbocycles. The summed E-state index contributed by atoms with van der Waals surface area (Å²) in [6, 6.07) is 11.8. The van der Waals surface area contributed by atoms with Crippen LogP contribution in [0.3, 0.4) is 0 Å². The number of morpholine rings is 1. The Morgan fingerprint density at radius 1 is 1.28 bits per heavy atom. The third kappa shape index (κ3) is 5.45. The molecule has 1 aromatic heterocycles. The maximum absolute atomic E-state index is 12.3. The predicted octanol–water partition coefficient (Wildman–Crippen LogP) is 3.55. The number of halogens is 1. The second kappa shape index (κ2) is 9.22. The zero-order valence-corrected chi connectivity index (χ0v) is 16.2. The van der Waals surface area contributed by atoms with Crippen LogP contribution in [-0.2, 0) is 15.3 Å². The molecular formula is C18H20BrN3O2S. The largest absolute Gasteiger partial charge is 0.378 e. The molecular weight excluding hydrogens is 402 g/mol. The van der Waals surface area contributed by atoms with Crippen molar-refractivity contribution in [2.24, 2.45) is 0 Å². The van der Waals surface area contributed by atoms with Crippen LogP contribution in [0.5, 0.6) is 0 Å². The molecule has 132 valence electrons. The molecule has 1 amide bonds. The van der Waals surface area contributed by atoms with E-state index in [0.717, 1.165) is 40.4 Å². The molecule has 2 aromatic rings. The Bertz CT molecular complexity index is 709. The van der Waals surface area contributed by atoms with E-state index < -0.39 is 0 Å². The second-order valence-electron chi connectivity index (χ2n) is 5.62. The zero-order valence-electron chi connectivity index (χ0n) is 13.8. The molecule has 1 N–H and O–H groups in total.